The summed E-state index contributed by atoms with van der Waals surface area (Å²) in [6.07, 6.45) is 14.1. The average molecular weight is 503 g/mol. The lowest BCUT2D eigenvalue weighted by molar-refractivity contribution is -0.155. The van der Waals surface area contributed by atoms with Crippen molar-refractivity contribution in [2.24, 2.45) is 0 Å². The number of aliphatic hydroxyl groups excluding tert-OH is 3. The number of carboxylic acids is 1. The molecule has 7 heteroatoms. The monoisotopic (exact) mass is 502 g/mol. The van der Waals surface area contributed by atoms with Crippen LogP contribution in [0.5, 0.6) is 0 Å². The quantitative estimate of drug-likeness (QED) is 0.0903. The smallest absolute Gasteiger partial charge is 0.308 e. The largest absolute Gasteiger partial charge is 0.481 e. The highest BCUT2D eigenvalue weighted by atomic mass is 16.5. The third-order valence-corrected chi connectivity index (χ3v) is 6.48. The first-order valence-electron chi connectivity index (χ1n) is 14.2. The molecule has 208 valence electrons. The van der Waals surface area contributed by atoms with Gasteiger partial charge in [-0.1, -0.05) is 84.5 Å². The van der Waals surface area contributed by atoms with E-state index >= 15 is 0 Å². The molecule has 0 fully saturated rings. The lowest BCUT2D eigenvalue weighted by Gasteiger charge is -2.17. The topological polar surface area (TPSA) is 124 Å². The number of aliphatic carboxylic acids is 1. The number of hydrogen-bond acceptors (Lipinski definition) is 6. The fourth-order valence-corrected chi connectivity index (χ4v) is 4.45. The standard InChI is InChI=1S/C28H54O7/c1-3-15-23(29)17-11-7-5-9-13-19-25(31)21-28(34)35-26(22-27(32)33)20-14-10-6-8-12-18-24(30)16-4-2/h23-26,29-31H,3-22H2,1-2H3,(H,32,33). The van der Waals surface area contributed by atoms with Gasteiger partial charge in [0.05, 0.1) is 31.2 Å². The number of esters is 1. The summed E-state index contributed by atoms with van der Waals surface area (Å²) in [4.78, 5) is 23.4. The zero-order chi connectivity index (χ0) is 26.3. The molecule has 0 aromatic heterocycles. The van der Waals surface area contributed by atoms with E-state index in [0.717, 1.165) is 103 Å². The average Bonchev–Trinajstić information content (AvgIpc) is 2.77. The summed E-state index contributed by atoms with van der Waals surface area (Å²) in [6.45, 7) is 4.14. The minimum Gasteiger partial charge on any atom is -0.481 e. The number of aliphatic hydroxyl groups is 3. The molecule has 0 bridgehead atoms. The summed E-state index contributed by atoms with van der Waals surface area (Å²) < 4.78 is 5.38. The van der Waals surface area contributed by atoms with Crippen LogP contribution >= 0.6 is 0 Å². The van der Waals surface area contributed by atoms with Crippen LogP contribution in [0.2, 0.25) is 0 Å². The zero-order valence-electron chi connectivity index (χ0n) is 22.5. The fraction of sp³-hybridized carbons (Fsp3) is 0.929. The molecule has 0 heterocycles. The molecule has 0 saturated heterocycles. The van der Waals surface area contributed by atoms with Crippen LogP contribution in [0.15, 0.2) is 0 Å². The Morgan fingerprint density at radius 1 is 0.571 bits per heavy atom. The van der Waals surface area contributed by atoms with Crippen LogP contribution in [0.1, 0.15) is 142 Å². The van der Waals surface area contributed by atoms with Crippen molar-refractivity contribution in [3.63, 3.8) is 0 Å². The summed E-state index contributed by atoms with van der Waals surface area (Å²) >= 11 is 0. The number of carboxylic acid groups (broad SMARTS) is 1. The van der Waals surface area contributed by atoms with Crippen molar-refractivity contribution >= 4 is 11.9 Å². The molecule has 0 amide bonds. The molecular formula is C28H54O7. The normalized spacial score (nSPS) is 14.9. The van der Waals surface area contributed by atoms with Crippen LogP contribution in [0.4, 0.5) is 0 Å². The molecule has 35 heavy (non-hydrogen) atoms. The first-order chi connectivity index (χ1) is 16.8. The van der Waals surface area contributed by atoms with E-state index in [2.05, 4.69) is 13.8 Å². The van der Waals surface area contributed by atoms with Crippen LogP contribution in [0.3, 0.4) is 0 Å². The highest BCUT2D eigenvalue weighted by molar-refractivity contribution is 5.71. The van der Waals surface area contributed by atoms with Gasteiger partial charge in [0.15, 0.2) is 0 Å². The van der Waals surface area contributed by atoms with Crippen molar-refractivity contribution < 1.29 is 34.8 Å². The van der Waals surface area contributed by atoms with Crippen molar-refractivity contribution in [2.45, 2.75) is 167 Å². The van der Waals surface area contributed by atoms with Gasteiger partial charge in [-0.3, -0.25) is 9.59 Å². The van der Waals surface area contributed by atoms with E-state index in [4.69, 9.17) is 9.84 Å². The molecule has 0 aliphatic carbocycles. The molecule has 4 N–H and O–H groups in total. The number of carbonyl (C=O) groups is 2. The van der Waals surface area contributed by atoms with E-state index in [9.17, 15) is 24.9 Å². The molecule has 0 saturated carbocycles. The first-order valence-corrected chi connectivity index (χ1v) is 14.2. The zero-order valence-corrected chi connectivity index (χ0v) is 22.5. The highest BCUT2D eigenvalue weighted by Gasteiger charge is 2.20. The summed E-state index contributed by atoms with van der Waals surface area (Å²) in [5.41, 5.74) is 0. The lowest BCUT2D eigenvalue weighted by atomic mass is 10.0. The van der Waals surface area contributed by atoms with Crippen LogP contribution in [-0.4, -0.2) is 56.8 Å². The molecule has 4 atom stereocenters. The SMILES string of the molecule is CCCC(O)CCCCCCCC(O)CC(=O)OC(CCCCCCCC(O)CCC)CC(=O)O. The van der Waals surface area contributed by atoms with Crippen molar-refractivity contribution in [1.82, 2.24) is 0 Å². The molecule has 0 aromatic carbocycles. The van der Waals surface area contributed by atoms with Crippen molar-refractivity contribution in [3.8, 4) is 0 Å². The minimum atomic E-state index is -0.990. The van der Waals surface area contributed by atoms with Gasteiger partial charge in [-0.25, -0.2) is 0 Å². The summed E-state index contributed by atoms with van der Waals surface area (Å²) in [7, 11) is 0. The Morgan fingerprint density at radius 2 is 0.971 bits per heavy atom. The predicted molar refractivity (Wildman–Crippen MR) is 139 cm³/mol. The second-order valence-electron chi connectivity index (χ2n) is 10.1. The van der Waals surface area contributed by atoms with E-state index in [1.165, 1.54) is 0 Å². The van der Waals surface area contributed by atoms with Gasteiger partial charge in [-0.2, -0.15) is 0 Å². The molecule has 0 rings (SSSR count). The predicted octanol–water partition coefficient (Wildman–Crippen LogP) is 5.91. The van der Waals surface area contributed by atoms with E-state index in [1.807, 2.05) is 0 Å². The summed E-state index contributed by atoms with van der Waals surface area (Å²) in [6, 6.07) is 0. The Hall–Kier alpha value is -1.18. The van der Waals surface area contributed by atoms with E-state index < -0.39 is 24.1 Å². The molecule has 7 nitrogen and oxygen atoms in total. The van der Waals surface area contributed by atoms with Gasteiger partial charge in [-0.05, 0) is 44.9 Å². The number of unbranched alkanes of at least 4 members (excludes halogenated alkanes) is 8. The van der Waals surface area contributed by atoms with Gasteiger partial charge in [0.25, 0.3) is 0 Å². The van der Waals surface area contributed by atoms with Crippen LogP contribution in [0.25, 0.3) is 0 Å². The number of ether oxygens (including phenoxy) is 1. The van der Waals surface area contributed by atoms with Crippen molar-refractivity contribution in [3.05, 3.63) is 0 Å². The second-order valence-corrected chi connectivity index (χ2v) is 10.1. The summed E-state index contributed by atoms with van der Waals surface area (Å²) in [5.74, 6) is -1.52. The molecule has 4 unspecified atom stereocenters. The number of rotatable bonds is 25. The molecule has 0 aromatic rings. The molecule has 0 aliphatic rings. The molecule has 0 radical (unpaired) electrons. The Labute approximate surface area is 213 Å². The highest BCUT2D eigenvalue weighted by Crippen LogP contribution is 2.17. The van der Waals surface area contributed by atoms with Crippen LogP contribution in [-0.2, 0) is 14.3 Å². The Bertz CT molecular complexity index is 512. The van der Waals surface area contributed by atoms with Crippen LogP contribution in [0, 0.1) is 0 Å². The van der Waals surface area contributed by atoms with Crippen molar-refractivity contribution in [2.75, 3.05) is 0 Å². The third-order valence-electron chi connectivity index (χ3n) is 6.48. The number of hydrogen-bond donors (Lipinski definition) is 4. The van der Waals surface area contributed by atoms with Gasteiger partial charge in [-0.15, -0.1) is 0 Å². The number of carbonyl (C=O) groups excluding carboxylic acids is 1. The van der Waals surface area contributed by atoms with E-state index in [1.54, 1.807) is 0 Å². The van der Waals surface area contributed by atoms with E-state index in [0.29, 0.717) is 12.8 Å². The molecule has 0 aliphatic heterocycles. The summed E-state index contributed by atoms with van der Waals surface area (Å²) in [5, 5.41) is 38.8. The van der Waals surface area contributed by atoms with Gasteiger partial charge in [0.2, 0.25) is 0 Å². The minimum absolute atomic E-state index is 0.0978. The Balaban J connectivity index is 3.96. The van der Waals surface area contributed by atoms with Gasteiger partial charge < -0.3 is 25.2 Å². The maximum atomic E-state index is 12.2. The van der Waals surface area contributed by atoms with Gasteiger partial charge in [0, 0.05) is 0 Å². The third kappa shape index (κ3) is 23.0. The fourth-order valence-electron chi connectivity index (χ4n) is 4.45. The van der Waals surface area contributed by atoms with Crippen LogP contribution < -0.4 is 0 Å². The molecular weight excluding hydrogens is 448 g/mol. The Morgan fingerprint density at radius 3 is 1.40 bits per heavy atom. The lowest BCUT2D eigenvalue weighted by Crippen LogP contribution is -2.24. The Kier molecular flexibility index (Phi) is 22.4. The molecule has 0 spiro atoms. The van der Waals surface area contributed by atoms with Crippen molar-refractivity contribution in [1.29, 1.82) is 0 Å². The second kappa shape index (κ2) is 23.2. The van der Waals surface area contributed by atoms with Gasteiger partial charge in [0.1, 0.15) is 6.10 Å². The van der Waals surface area contributed by atoms with Gasteiger partial charge >= 0.3 is 11.9 Å². The first kappa shape index (κ1) is 33.8. The maximum Gasteiger partial charge on any atom is 0.308 e. The maximum absolute atomic E-state index is 12.2. The van der Waals surface area contributed by atoms with E-state index in [-0.39, 0.29) is 25.0 Å².